The molecule has 2 aliphatic heterocycles. The van der Waals surface area contributed by atoms with E-state index in [1.807, 2.05) is 17.0 Å². The van der Waals surface area contributed by atoms with E-state index in [1.54, 1.807) is 0 Å². The number of nitrogens with zero attached hydrogens (tertiary/aromatic N) is 3. The van der Waals surface area contributed by atoms with Gasteiger partial charge in [0.15, 0.2) is 0 Å². The first-order chi connectivity index (χ1) is 13.0. The molecule has 150 valence electrons. The maximum absolute atomic E-state index is 13.2. The highest BCUT2D eigenvalue weighted by atomic mass is 19.1. The van der Waals surface area contributed by atoms with E-state index < -0.39 is 0 Å². The SMILES string of the molecule is CC(C)C1CN(C(=O)CN2CCOCC2)CCCN1Cc1ccc(F)cc1. The molecule has 2 aliphatic rings. The zero-order valence-corrected chi connectivity index (χ0v) is 16.6. The first-order valence-corrected chi connectivity index (χ1v) is 10.1. The summed E-state index contributed by atoms with van der Waals surface area (Å²) in [5.41, 5.74) is 1.12. The largest absolute Gasteiger partial charge is 0.379 e. The van der Waals surface area contributed by atoms with Crippen molar-refractivity contribution in [2.75, 3.05) is 52.5 Å². The molecule has 0 aliphatic carbocycles. The van der Waals surface area contributed by atoms with Crippen LogP contribution in [0.3, 0.4) is 0 Å². The molecule has 2 heterocycles. The molecule has 5 nitrogen and oxygen atoms in total. The molecular weight excluding hydrogens is 345 g/mol. The number of benzene rings is 1. The molecule has 6 heteroatoms. The highest BCUT2D eigenvalue weighted by molar-refractivity contribution is 5.78. The van der Waals surface area contributed by atoms with E-state index in [0.717, 1.165) is 51.3 Å². The number of halogens is 1. The Labute approximate surface area is 162 Å². The van der Waals surface area contributed by atoms with Crippen LogP contribution in [0.5, 0.6) is 0 Å². The molecule has 0 aromatic heterocycles. The predicted octanol–water partition coefficient (Wildman–Crippen LogP) is 2.22. The normalized spacial score (nSPS) is 22.8. The van der Waals surface area contributed by atoms with Crippen molar-refractivity contribution in [3.8, 4) is 0 Å². The summed E-state index contributed by atoms with van der Waals surface area (Å²) in [7, 11) is 0. The van der Waals surface area contributed by atoms with Crippen LogP contribution in [-0.2, 0) is 16.1 Å². The van der Waals surface area contributed by atoms with Gasteiger partial charge in [-0.05, 0) is 30.0 Å². The molecule has 2 saturated heterocycles. The lowest BCUT2D eigenvalue weighted by Gasteiger charge is -2.35. The van der Waals surface area contributed by atoms with Gasteiger partial charge in [0.2, 0.25) is 5.91 Å². The van der Waals surface area contributed by atoms with Crippen molar-refractivity contribution in [1.29, 1.82) is 0 Å². The first-order valence-electron chi connectivity index (χ1n) is 10.1. The van der Waals surface area contributed by atoms with E-state index in [9.17, 15) is 9.18 Å². The predicted molar refractivity (Wildman–Crippen MR) is 104 cm³/mol. The van der Waals surface area contributed by atoms with Gasteiger partial charge in [-0.3, -0.25) is 14.6 Å². The second-order valence-electron chi connectivity index (χ2n) is 7.99. The molecule has 0 spiro atoms. The van der Waals surface area contributed by atoms with Crippen LogP contribution in [0.4, 0.5) is 4.39 Å². The fraction of sp³-hybridized carbons (Fsp3) is 0.667. The minimum absolute atomic E-state index is 0.199. The molecule has 0 saturated carbocycles. The molecule has 1 aromatic rings. The summed E-state index contributed by atoms with van der Waals surface area (Å²) in [6.07, 6.45) is 0.971. The van der Waals surface area contributed by atoms with E-state index in [1.165, 1.54) is 12.1 Å². The van der Waals surface area contributed by atoms with Crippen LogP contribution in [0.1, 0.15) is 25.8 Å². The van der Waals surface area contributed by atoms with Gasteiger partial charge in [0.25, 0.3) is 0 Å². The molecule has 0 radical (unpaired) electrons. The topological polar surface area (TPSA) is 36.0 Å². The Morgan fingerprint density at radius 1 is 1.15 bits per heavy atom. The lowest BCUT2D eigenvalue weighted by molar-refractivity contribution is -0.134. The Bertz CT molecular complexity index is 602. The number of carbonyl (C=O) groups is 1. The third-order valence-corrected chi connectivity index (χ3v) is 5.63. The van der Waals surface area contributed by atoms with Crippen molar-refractivity contribution >= 4 is 5.91 Å². The fourth-order valence-corrected chi connectivity index (χ4v) is 3.99. The summed E-state index contributed by atoms with van der Waals surface area (Å²) in [6, 6.07) is 7.08. The summed E-state index contributed by atoms with van der Waals surface area (Å²) in [4.78, 5) is 19.6. The highest BCUT2D eigenvalue weighted by Crippen LogP contribution is 2.20. The average molecular weight is 378 g/mol. The maximum atomic E-state index is 13.2. The molecule has 1 aromatic carbocycles. The van der Waals surface area contributed by atoms with Crippen LogP contribution in [0.25, 0.3) is 0 Å². The molecule has 1 atom stereocenters. The van der Waals surface area contributed by atoms with Crippen molar-refractivity contribution in [1.82, 2.24) is 14.7 Å². The number of amides is 1. The van der Waals surface area contributed by atoms with Gasteiger partial charge in [-0.25, -0.2) is 4.39 Å². The van der Waals surface area contributed by atoms with Crippen molar-refractivity contribution in [3.63, 3.8) is 0 Å². The van der Waals surface area contributed by atoms with Crippen LogP contribution >= 0.6 is 0 Å². The molecule has 3 rings (SSSR count). The fourth-order valence-electron chi connectivity index (χ4n) is 3.99. The number of morpholine rings is 1. The molecule has 0 N–H and O–H groups in total. The van der Waals surface area contributed by atoms with E-state index in [4.69, 9.17) is 4.74 Å². The van der Waals surface area contributed by atoms with E-state index in [0.29, 0.717) is 31.7 Å². The minimum Gasteiger partial charge on any atom is -0.379 e. The van der Waals surface area contributed by atoms with Gasteiger partial charge >= 0.3 is 0 Å². The summed E-state index contributed by atoms with van der Waals surface area (Å²) >= 11 is 0. The summed E-state index contributed by atoms with van der Waals surface area (Å²) in [5, 5.41) is 0. The zero-order valence-electron chi connectivity index (χ0n) is 16.6. The van der Waals surface area contributed by atoms with E-state index >= 15 is 0 Å². The van der Waals surface area contributed by atoms with Crippen molar-refractivity contribution in [2.45, 2.75) is 32.9 Å². The Kier molecular flexibility index (Phi) is 7.21. The Balaban J connectivity index is 1.63. The number of carbonyl (C=O) groups excluding carboxylic acids is 1. The van der Waals surface area contributed by atoms with Gasteiger partial charge in [-0.15, -0.1) is 0 Å². The number of hydrogen-bond donors (Lipinski definition) is 0. The number of ether oxygens (including phenoxy) is 1. The molecule has 27 heavy (non-hydrogen) atoms. The lowest BCUT2D eigenvalue weighted by atomic mass is 10.0. The van der Waals surface area contributed by atoms with Crippen molar-refractivity contribution < 1.29 is 13.9 Å². The molecule has 2 fully saturated rings. The second-order valence-corrected chi connectivity index (χ2v) is 7.99. The third-order valence-electron chi connectivity index (χ3n) is 5.63. The molecule has 0 bridgehead atoms. The summed E-state index contributed by atoms with van der Waals surface area (Å²) in [6.45, 7) is 11.4. The van der Waals surface area contributed by atoms with E-state index in [-0.39, 0.29) is 11.7 Å². The van der Waals surface area contributed by atoms with Crippen LogP contribution in [0, 0.1) is 11.7 Å². The van der Waals surface area contributed by atoms with Gasteiger partial charge in [0.05, 0.1) is 19.8 Å². The first kappa shape index (κ1) is 20.2. The van der Waals surface area contributed by atoms with Crippen molar-refractivity contribution in [3.05, 3.63) is 35.6 Å². The van der Waals surface area contributed by atoms with Crippen LogP contribution in [0.2, 0.25) is 0 Å². The van der Waals surface area contributed by atoms with Gasteiger partial charge in [0.1, 0.15) is 5.82 Å². The molecular formula is C21H32FN3O2. The number of rotatable bonds is 5. The second kappa shape index (κ2) is 9.62. The van der Waals surface area contributed by atoms with E-state index in [2.05, 4.69) is 23.6 Å². The minimum atomic E-state index is -0.199. The Morgan fingerprint density at radius 3 is 2.52 bits per heavy atom. The van der Waals surface area contributed by atoms with Gasteiger partial charge in [-0.2, -0.15) is 0 Å². The van der Waals surface area contributed by atoms with Crippen LogP contribution in [-0.4, -0.2) is 79.1 Å². The average Bonchev–Trinajstić information content (AvgIpc) is 2.87. The smallest absolute Gasteiger partial charge is 0.236 e. The van der Waals surface area contributed by atoms with Crippen molar-refractivity contribution in [2.24, 2.45) is 5.92 Å². The highest BCUT2D eigenvalue weighted by Gasteiger charge is 2.30. The molecule has 1 amide bonds. The third kappa shape index (κ3) is 5.74. The summed E-state index contributed by atoms with van der Waals surface area (Å²) in [5.74, 6) is 0.475. The van der Waals surface area contributed by atoms with Gasteiger partial charge in [0, 0.05) is 45.3 Å². The van der Waals surface area contributed by atoms with Gasteiger partial charge in [-0.1, -0.05) is 26.0 Å². The zero-order chi connectivity index (χ0) is 19.2. The van der Waals surface area contributed by atoms with Crippen LogP contribution in [0.15, 0.2) is 24.3 Å². The van der Waals surface area contributed by atoms with Crippen LogP contribution < -0.4 is 0 Å². The van der Waals surface area contributed by atoms with Gasteiger partial charge < -0.3 is 9.64 Å². The number of hydrogen-bond acceptors (Lipinski definition) is 4. The monoisotopic (exact) mass is 377 g/mol. The Hall–Kier alpha value is -1.50. The Morgan fingerprint density at radius 2 is 1.85 bits per heavy atom. The standard InChI is InChI=1S/C21H32FN3O2/c1-17(2)20-15-25(21(26)16-23-10-12-27-13-11-23)9-3-8-24(20)14-18-4-6-19(22)7-5-18/h4-7,17,20H,3,8-16H2,1-2H3. The maximum Gasteiger partial charge on any atom is 0.236 e. The lowest BCUT2D eigenvalue weighted by Crippen LogP contribution is -2.49. The molecule has 1 unspecified atom stereocenters. The summed E-state index contributed by atoms with van der Waals surface area (Å²) < 4.78 is 18.6. The quantitative estimate of drug-likeness (QED) is 0.788.